The van der Waals surface area contributed by atoms with E-state index in [4.69, 9.17) is 0 Å². The molecular weight excluding hydrogens is 172 g/mol. The van der Waals surface area contributed by atoms with Gasteiger partial charge in [-0.05, 0) is 23.6 Å². The van der Waals surface area contributed by atoms with Crippen LogP contribution in [0.4, 0.5) is 0 Å². The molecule has 0 aliphatic heterocycles. The van der Waals surface area contributed by atoms with Crippen LogP contribution in [-0.2, 0) is 0 Å². The summed E-state index contributed by atoms with van der Waals surface area (Å²) in [5.41, 5.74) is 2.50. The van der Waals surface area contributed by atoms with Gasteiger partial charge in [-0.15, -0.1) is 0 Å². The Morgan fingerprint density at radius 2 is 1.93 bits per heavy atom. The van der Waals surface area contributed by atoms with Gasteiger partial charge in [0.15, 0.2) is 0 Å². The molecule has 0 aliphatic rings. The van der Waals surface area contributed by atoms with Crippen LogP contribution in [0.2, 0.25) is 0 Å². The van der Waals surface area contributed by atoms with Crippen LogP contribution in [0.1, 0.15) is 25.3 Å². The number of hydrogen-bond donors (Lipinski definition) is 0. The SMILES string of the molecule is CC(C)c1ccccc1-n1cccn1. The third kappa shape index (κ3) is 1.55. The fraction of sp³-hybridized carbons (Fsp3) is 0.250. The van der Waals surface area contributed by atoms with Crippen LogP contribution in [0, 0.1) is 0 Å². The Bertz CT molecular complexity index is 402. The van der Waals surface area contributed by atoms with Crippen LogP contribution in [0.3, 0.4) is 0 Å². The maximum absolute atomic E-state index is 4.25. The van der Waals surface area contributed by atoms with Gasteiger partial charge in [-0.2, -0.15) is 5.10 Å². The quantitative estimate of drug-likeness (QED) is 0.705. The number of rotatable bonds is 2. The molecule has 0 bridgehead atoms. The Kier molecular flexibility index (Phi) is 2.35. The lowest BCUT2D eigenvalue weighted by Gasteiger charge is -2.11. The third-order valence-corrected chi connectivity index (χ3v) is 2.31. The first kappa shape index (κ1) is 9.00. The number of benzene rings is 1. The zero-order valence-corrected chi connectivity index (χ0v) is 8.51. The Hall–Kier alpha value is -1.57. The van der Waals surface area contributed by atoms with Gasteiger partial charge in [0, 0.05) is 12.4 Å². The summed E-state index contributed by atoms with van der Waals surface area (Å²) in [5, 5.41) is 4.25. The van der Waals surface area contributed by atoms with E-state index in [1.807, 2.05) is 23.0 Å². The van der Waals surface area contributed by atoms with E-state index < -0.39 is 0 Å². The van der Waals surface area contributed by atoms with Gasteiger partial charge >= 0.3 is 0 Å². The minimum atomic E-state index is 0.524. The van der Waals surface area contributed by atoms with Crippen molar-refractivity contribution in [2.24, 2.45) is 0 Å². The van der Waals surface area contributed by atoms with E-state index in [-0.39, 0.29) is 0 Å². The highest BCUT2D eigenvalue weighted by Crippen LogP contribution is 2.21. The van der Waals surface area contributed by atoms with Crippen LogP contribution in [0.5, 0.6) is 0 Å². The largest absolute Gasteiger partial charge is 0.241 e. The van der Waals surface area contributed by atoms with Gasteiger partial charge in [-0.1, -0.05) is 32.0 Å². The molecule has 14 heavy (non-hydrogen) atoms. The van der Waals surface area contributed by atoms with Crippen molar-refractivity contribution >= 4 is 0 Å². The number of nitrogens with zero attached hydrogens (tertiary/aromatic N) is 2. The van der Waals surface area contributed by atoms with Crippen LogP contribution in [-0.4, -0.2) is 9.78 Å². The summed E-state index contributed by atoms with van der Waals surface area (Å²) >= 11 is 0. The van der Waals surface area contributed by atoms with Crippen LogP contribution >= 0.6 is 0 Å². The van der Waals surface area contributed by atoms with E-state index in [9.17, 15) is 0 Å². The minimum Gasteiger partial charge on any atom is -0.241 e. The van der Waals surface area contributed by atoms with Crippen molar-refractivity contribution < 1.29 is 0 Å². The average Bonchev–Trinajstić information content (AvgIpc) is 2.70. The first-order valence-electron chi connectivity index (χ1n) is 4.88. The molecule has 0 atom stereocenters. The first-order chi connectivity index (χ1) is 6.79. The van der Waals surface area contributed by atoms with Crippen LogP contribution < -0.4 is 0 Å². The summed E-state index contributed by atoms with van der Waals surface area (Å²) in [7, 11) is 0. The van der Waals surface area contributed by atoms with Crippen molar-refractivity contribution in [2.45, 2.75) is 19.8 Å². The van der Waals surface area contributed by atoms with Crippen LogP contribution in [0.25, 0.3) is 5.69 Å². The van der Waals surface area contributed by atoms with Gasteiger partial charge in [0.1, 0.15) is 0 Å². The summed E-state index contributed by atoms with van der Waals surface area (Å²) in [6, 6.07) is 10.3. The van der Waals surface area contributed by atoms with E-state index in [1.165, 1.54) is 11.3 Å². The van der Waals surface area contributed by atoms with E-state index in [0.29, 0.717) is 5.92 Å². The van der Waals surface area contributed by atoms with Crippen molar-refractivity contribution in [3.8, 4) is 5.69 Å². The lowest BCUT2D eigenvalue weighted by Crippen LogP contribution is -2.00. The molecule has 0 unspecified atom stereocenters. The molecule has 0 N–H and O–H groups in total. The van der Waals surface area contributed by atoms with Crippen LogP contribution in [0.15, 0.2) is 42.7 Å². The second-order valence-electron chi connectivity index (χ2n) is 3.66. The fourth-order valence-corrected chi connectivity index (χ4v) is 1.60. The van der Waals surface area contributed by atoms with E-state index in [2.05, 4.69) is 37.1 Å². The molecule has 2 rings (SSSR count). The van der Waals surface area contributed by atoms with Gasteiger partial charge in [-0.25, -0.2) is 4.68 Å². The predicted octanol–water partition coefficient (Wildman–Crippen LogP) is 3.00. The highest BCUT2D eigenvalue weighted by Gasteiger charge is 2.06. The number of hydrogen-bond acceptors (Lipinski definition) is 1. The minimum absolute atomic E-state index is 0.524. The molecule has 1 heterocycles. The smallest absolute Gasteiger partial charge is 0.0680 e. The molecule has 1 aromatic carbocycles. The summed E-state index contributed by atoms with van der Waals surface area (Å²) in [4.78, 5) is 0. The molecule has 2 nitrogen and oxygen atoms in total. The second kappa shape index (κ2) is 3.66. The Morgan fingerprint density at radius 3 is 2.57 bits per heavy atom. The van der Waals surface area contributed by atoms with E-state index in [1.54, 1.807) is 6.20 Å². The van der Waals surface area contributed by atoms with Crippen molar-refractivity contribution in [2.75, 3.05) is 0 Å². The van der Waals surface area contributed by atoms with E-state index >= 15 is 0 Å². The van der Waals surface area contributed by atoms with Gasteiger partial charge in [0.2, 0.25) is 0 Å². The summed E-state index contributed by atoms with van der Waals surface area (Å²) in [6.07, 6.45) is 3.78. The molecule has 0 radical (unpaired) electrons. The van der Waals surface area contributed by atoms with Gasteiger partial charge in [0.25, 0.3) is 0 Å². The molecule has 0 amide bonds. The molecule has 1 aromatic heterocycles. The molecule has 0 saturated heterocycles. The maximum atomic E-state index is 4.25. The molecule has 2 heteroatoms. The van der Waals surface area contributed by atoms with Gasteiger partial charge in [0.05, 0.1) is 5.69 Å². The summed E-state index contributed by atoms with van der Waals surface area (Å²) in [6.45, 7) is 4.39. The Morgan fingerprint density at radius 1 is 1.14 bits per heavy atom. The first-order valence-corrected chi connectivity index (χ1v) is 4.88. The number of aromatic nitrogens is 2. The van der Waals surface area contributed by atoms with Gasteiger partial charge < -0.3 is 0 Å². The van der Waals surface area contributed by atoms with Crippen molar-refractivity contribution in [3.05, 3.63) is 48.3 Å². The normalized spacial score (nSPS) is 10.8. The zero-order valence-electron chi connectivity index (χ0n) is 8.51. The molecule has 0 saturated carbocycles. The Labute approximate surface area is 84.2 Å². The molecule has 2 aromatic rings. The lowest BCUT2D eigenvalue weighted by molar-refractivity contribution is 0.809. The molecule has 72 valence electrons. The summed E-state index contributed by atoms with van der Waals surface area (Å²) in [5.74, 6) is 0.524. The van der Waals surface area contributed by atoms with Crippen molar-refractivity contribution in [1.82, 2.24) is 9.78 Å². The Balaban J connectivity index is 2.53. The molecular formula is C12H14N2. The predicted molar refractivity (Wildman–Crippen MR) is 57.7 cm³/mol. The fourth-order valence-electron chi connectivity index (χ4n) is 1.60. The average molecular weight is 186 g/mol. The third-order valence-electron chi connectivity index (χ3n) is 2.31. The highest BCUT2D eigenvalue weighted by molar-refractivity contribution is 5.41. The maximum Gasteiger partial charge on any atom is 0.0680 e. The molecule has 0 aliphatic carbocycles. The standard InChI is InChI=1S/C12H14N2/c1-10(2)11-6-3-4-7-12(11)14-9-5-8-13-14/h3-10H,1-2H3. The molecule has 0 fully saturated rings. The molecule has 0 spiro atoms. The monoisotopic (exact) mass is 186 g/mol. The van der Waals surface area contributed by atoms with Crippen molar-refractivity contribution in [3.63, 3.8) is 0 Å². The second-order valence-corrected chi connectivity index (χ2v) is 3.66. The summed E-state index contributed by atoms with van der Waals surface area (Å²) < 4.78 is 1.91. The number of para-hydroxylation sites is 1. The van der Waals surface area contributed by atoms with Crippen molar-refractivity contribution in [1.29, 1.82) is 0 Å². The zero-order chi connectivity index (χ0) is 9.97. The van der Waals surface area contributed by atoms with E-state index in [0.717, 1.165) is 0 Å². The lowest BCUT2D eigenvalue weighted by atomic mass is 10.0. The topological polar surface area (TPSA) is 17.8 Å². The highest BCUT2D eigenvalue weighted by atomic mass is 15.3. The van der Waals surface area contributed by atoms with Gasteiger partial charge in [-0.3, -0.25) is 0 Å².